The van der Waals surface area contributed by atoms with Crippen LogP contribution in [0.4, 0.5) is 0 Å². The van der Waals surface area contributed by atoms with Crippen LogP contribution in [0.3, 0.4) is 0 Å². The van der Waals surface area contributed by atoms with Crippen molar-refractivity contribution in [1.29, 1.82) is 0 Å². The molecule has 0 unspecified atom stereocenters. The third kappa shape index (κ3) is 4.11. The fourth-order valence-electron chi connectivity index (χ4n) is 1.51. The molecule has 0 aliphatic heterocycles. The largest absolute Gasteiger partial charge is 0.497 e. The number of aryl methyl sites for hydroxylation is 1. The highest BCUT2D eigenvalue weighted by molar-refractivity contribution is 5.38. The Morgan fingerprint density at radius 1 is 1.00 bits per heavy atom. The van der Waals surface area contributed by atoms with Crippen LogP contribution in [-0.4, -0.2) is 27.4 Å². The molecule has 0 heterocycles. The molecule has 3 nitrogen and oxygen atoms in total. The number of ether oxygens (including phenoxy) is 3. The quantitative estimate of drug-likeness (QED) is 0.666. The molecule has 0 amide bonds. The Morgan fingerprint density at radius 3 is 2.38 bits per heavy atom. The van der Waals surface area contributed by atoms with Gasteiger partial charge in [0.2, 0.25) is 0 Å². The maximum absolute atomic E-state index is 5.57. The zero-order valence-electron chi connectivity index (χ0n) is 10.3. The molecule has 0 aliphatic carbocycles. The predicted octanol–water partition coefficient (Wildman–Crippen LogP) is 2.67. The fourth-order valence-corrected chi connectivity index (χ4v) is 1.51. The number of methoxy groups -OCH3 is 2. The van der Waals surface area contributed by atoms with Gasteiger partial charge in [0.1, 0.15) is 18.1 Å². The van der Waals surface area contributed by atoms with Crippen molar-refractivity contribution in [3.05, 3.63) is 23.8 Å². The standard InChI is InChI=1S/C13H20O3/c1-4-5-11-8-12(15-3)10-13(9-11)16-7-6-14-2/h8-10H,4-7H2,1-3H3. The van der Waals surface area contributed by atoms with Crippen LogP contribution in [0.5, 0.6) is 11.5 Å². The molecule has 0 bridgehead atoms. The molecule has 16 heavy (non-hydrogen) atoms. The summed E-state index contributed by atoms with van der Waals surface area (Å²) >= 11 is 0. The van der Waals surface area contributed by atoms with E-state index in [1.54, 1.807) is 14.2 Å². The molecule has 1 aromatic carbocycles. The summed E-state index contributed by atoms with van der Waals surface area (Å²) in [4.78, 5) is 0. The van der Waals surface area contributed by atoms with Gasteiger partial charge < -0.3 is 14.2 Å². The van der Waals surface area contributed by atoms with Gasteiger partial charge in [-0.3, -0.25) is 0 Å². The third-order valence-electron chi connectivity index (χ3n) is 2.27. The molecular formula is C13H20O3. The van der Waals surface area contributed by atoms with Crippen LogP contribution in [0.2, 0.25) is 0 Å². The summed E-state index contributed by atoms with van der Waals surface area (Å²) in [5.41, 5.74) is 1.24. The molecule has 0 N–H and O–H groups in total. The van der Waals surface area contributed by atoms with Crippen molar-refractivity contribution in [2.75, 3.05) is 27.4 Å². The lowest BCUT2D eigenvalue weighted by Crippen LogP contribution is -2.04. The van der Waals surface area contributed by atoms with Crippen molar-refractivity contribution in [3.63, 3.8) is 0 Å². The Balaban J connectivity index is 2.69. The van der Waals surface area contributed by atoms with Crippen LogP contribution in [-0.2, 0) is 11.2 Å². The molecule has 0 fully saturated rings. The molecule has 0 saturated heterocycles. The summed E-state index contributed by atoms with van der Waals surface area (Å²) in [6, 6.07) is 6.00. The van der Waals surface area contributed by atoms with E-state index in [0.717, 1.165) is 24.3 Å². The van der Waals surface area contributed by atoms with E-state index in [-0.39, 0.29) is 0 Å². The van der Waals surface area contributed by atoms with E-state index in [1.165, 1.54) is 5.56 Å². The van der Waals surface area contributed by atoms with Gasteiger partial charge in [-0.25, -0.2) is 0 Å². The van der Waals surface area contributed by atoms with E-state index in [0.29, 0.717) is 13.2 Å². The second kappa shape index (κ2) is 7.12. The average molecular weight is 224 g/mol. The molecule has 1 rings (SSSR count). The minimum Gasteiger partial charge on any atom is -0.497 e. The lowest BCUT2D eigenvalue weighted by atomic mass is 10.1. The Labute approximate surface area is 97.3 Å². The summed E-state index contributed by atoms with van der Waals surface area (Å²) in [7, 11) is 3.33. The zero-order chi connectivity index (χ0) is 11.8. The normalized spacial score (nSPS) is 10.2. The molecule has 0 aliphatic rings. The molecule has 0 aromatic heterocycles. The minimum atomic E-state index is 0.565. The summed E-state index contributed by atoms with van der Waals surface area (Å²) in [5, 5.41) is 0. The third-order valence-corrected chi connectivity index (χ3v) is 2.27. The second-order valence-electron chi connectivity index (χ2n) is 3.61. The number of benzene rings is 1. The van der Waals surface area contributed by atoms with E-state index < -0.39 is 0 Å². The van der Waals surface area contributed by atoms with Crippen molar-refractivity contribution in [3.8, 4) is 11.5 Å². The van der Waals surface area contributed by atoms with E-state index in [9.17, 15) is 0 Å². The molecule has 0 saturated carbocycles. The summed E-state index contributed by atoms with van der Waals surface area (Å²) in [6.07, 6.45) is 2.16. The Bertz CT molecular complexity index is 310. The highest BCUT2D eigenvalue weighted by atomic mass is 16.5. The molecule has 0 atom stereocenters. The highest BCUT2D eigenvalue weighted by Gasteiger charge is 2.02. The van der Waals surface area contributed by atoms with Gasteiger partial charge in [0.15, 0.2) is 0 Å². The molecule has 90 valence electrons. The van der Waals surface area contributed by atoms with Crippen LogP contribution in [0, 0.1) is 0 Å². The summed E-state index contributed by atoms with van der Waals surface area (Å²) in [6.45, 7) is 3.32. The van der Waals surface area contributed by atoms with Gasteiger partial charge in [-0.1, -0.05) is 13.3 Å². The minimum absolute atomic E-state index is 0.565. The first kappa shape index (κ1) is 12.8. The first-order valence-electron chi connectivity index (χ1n) is 5.59. The smallest absolute Gasteiger partial charge is 0.123 e. The van der Waals surface area contributed by atoms with Crippen LogP contribution in [0.15, 0.2) is 18.2 Å². The monoisotopic (exact) mass is 224 g/mol. The van der Waals surface area contributed by atoms with Crippen molar-refractivity contribution in [2.45, 2.75) is 19.8 Å². The highest BCUT2D eigenvalue weighted by Crippen LogP contribution is 2.23. The summed E-state index contributed by atoms with van der Waals surface area (Å²) in [5.74, 6) is 1.69. The van der Waals surface area contributed by atoms with Gasteiger partial charge >= 0.3 is 0 Å². The second-order valence-corrected chi connectivity index (χ2v) is 3.61. The number of rotatable bonds is 7. The summed E-state index contributed by atoms with van der Waals surface area (Å²) < 4.78 is 15.7. The van der Waals surface area contributed by atoms with E-state index in [1.807, 2.05) is 12.1 Å². The van der Waals surface area contributed by atoms with Gasteiger partial charge in [-0.2, -0.15) is 0 Å². The predicted molar refractivity (Wildman–Crippen MR) is 64.4 cm³/mol. The van der Waals surface area contributed by atoms with Gasteiger partial charge in [-0.15, -0.1) is 0 Å². The topological polar surface area (TPSA) is 27.7 Å². The van der Waals surface area contributed by atoms with Crippen molar-refractivity contribution >= 4 is 0 Å². The van der Waals surface area contributed by atoms with Gasteiger partial charge in [-0.05, 0) is 24.1 Å². The maximum atomic E-state index is 5.57. The van der Waals surface area contributed by atoms with Crippen molar-refractivity contribution in [1.82, 2.24) is 0 Å². The molecule has 0 radical (unpaired) electrons. The van der Waals surface area contributed by atoms with Crippen molar-refractivity contribution < 1.29 is 14.2 Å². The van der Waals surface area contributed by atoms with Gasteiger partial charge in [0, 0.05) is 13.2 Å². The Kier molecular flexibility index (Phi) is 5.72. The molecular weight excluding hydrogens is 204 g/mol. The zero-order valence-corrected chi connectivity index (χ0v) is 10.3. The van der Waals surface area contributed by atoms with Crippen LogP contribution in [0.1, 0.15) is 18.9 Å². The maximum Gasteiger partial charge on any atom is 0.123 e. The Morgan fingerprint density at radius 2 is 1.75 bits per heavy atom. The van der Waals surface area contributed by atoms with Crippen LogP contribution in [0.25, 0.3) is 0 Å². The lowest BCUT2D eigenvalue weighted by molar-refractivity contribution is 0.146. The Hall–Kier alpha value is -1.22. The van der Waals surface area contributed by atoms with E-state index in [2.05, 4.69) is 13.0 Å². The SMILES string of the molecule is CCCc1cc(OC)cc(OCCOC)c1. The number of hydrogen-bond acceptors (Lipinski definition) is 3. The van der Waals surface area contributed by atoms with Crippen LogP contribution >= 0.6 is 0 Å². The molecule has 1 aromatic rings. The van der Waals surface area contributed by atoms with E-state index >= 15 is 0 Å². The molecule has 0 spiro atoms. The molecule has 3 heteroatoms. The van der Waals surface area contributed by atoms with Crippen LogP contribution < -0.4 is 9.47 Å². The fraction of sp³-hybridized carbons (Fsp3) is 0.538. The number of hydrogen-bond donors (Lipinski definition) is 0. The van der Waals surface area contributed by atoms with Crippen molar-refractivity contribution in [2.24, 2.45) is 0 Å². The van der Waals surface area contributed by atoms with Gasteiger partial charge in [0.05, 0.1) is 13.7 Å². The first-order valence-corrected chi connectivity index (χ1v) is 5.59. The first-order chi connectivity index (χ1) is 7.80. The lowest BCUT2D eigenvalue weighted by Gasteiger charge is -2.10. The average Bonchev–Trinajstić information content (AvgIpc) is 2.29. The van der Waals surface area contributed by atoms with Gasteiger partial charge in [0.25, 0.3) is 0 Å². The van der Waals surface area contributed by atoms with E-state index in [4.69, 9.17) is 14.2 Å².